The molecule has 3 heterocycles. The number of hydrogen-bond acceptors (Lipinski definition) is 8. The number of carbonyl (C=O) groups excluding carboxylic acids is 3. The molecule has 2 aromatic carbocycles. The number of phenolic OH excluding ortho intramolecular Hbond substituents is 1. The standard InChI is InChI=1S/C33H30N4O6S/c1-20-12-15-43-30(20)33(42)35-24-6-2-4-21(16-24)8-9-23-18-34-19-26(31(23)44)32(41)36-27-7-3-5-22(29(27)40)17-28(39)37-13-10-25(38)11-14-37/h2-7,12,15-16,18-19,23,25,38,40H,10-11,13-14,17H2,1H3,(H,35,42)(H,36,41)/t23-/m0/s1. The lowest BCUT2D eigenvalue weighted by Gasteiger charge is -2.29. The lowest BCUT2D eigenvalue weighted by molar-refractivity contribution is -0.132. The fourth-order valence-electron chi connectivity index (χ4n) is 4.82. The van der Waals surface area contributed by atoms with Gasteiger partial charge in [0.1, 0.15) is 5.75 Å². The number of hydrogen-bond donors (Lipinski definition) is 4. The van der Waals surface area contributed by atoms with E-state index in [2.05, 4.69) is 27.5 Å². The molecule has 0 spiro atoms. The summed E-state index contributed by atoms with van der Waals surface area (Å²) in [6.07, 6.45) is 4.95. The Balaban J connectivity index is 1.22. The number of piperidine rings is 1. The van der Waals surface area contributed by atoms with Gasteiger partial charge in [-0.15, -0.1) is 0 Å². The number of rotatable bonds is 6. The number of carbonyl (C=O) groups is 3. The maximum Gasteiger partial charge on any atom is 0.291 e. The van der Waals surface area contributed by atoms with Gasteiger partial charge in [0.25, 0.3) is 11.8 Å². The molecule has 0 saturated carbocycles. The summed E-state index contributed by atoms with van der Waals surface area (Å²) < 4.78 is 5.24. The number of aliphatic hydroxyl groups excluding tert-OH is 1. The first-order chi connectivity index (χ1) is 21.2. The first kappa shape index (κ1) is 30.4. The van der Waals surface area contributed by atoms with Crippen molar-refractivity contribution < 1.29 is 29.0 Å². The highest BCUT2D eigenvalue weighted by atomic mass is 32.1. The molecule has 3 aromatic rings. The Kier molecular flexibility index (Phi) is 9.33. The number of likely N-dealkylation sites (tertiary alicyclic amines) is 1. The molecule has 10 nitrogen and oxygen atoms in total. The number of anilines is 2. The van der Waals surface area contributed by atoms with E-state index >= 15 is 0 Å². The average Bonchev–Trinajstić information content (AvgIpc) is 3.45. The third-order valence-corrected chi connectivity index (χ3v) is 7.79. The van der Waals surface area contributed by atoms with E-state index in [1.54, 1.807) is 60.5 Å². The molecular weight excluding hydrogens is 580 g/mol. The number of nitrogens with zero attached hydrogens (tertiary/aromatic N) is 2. The Labute approximate surface area is 259 Å². The van der Waals surface area contributed by atoms with Gasteiger partial charge in [-0.25, -0.2) is 0 Å². The van der Waals surface area contributed by atoms with Crippen LogP contribution in [0.3, 0.4) is 0 Å². The fraction of sp³-hybridized carbons (Fsp3) is 0.242. The highest BCUT2D eigenvalue weighted by molar-refractivity contribution is 7.81. The van der Waals surface area contributed by atoms with Gasteiger partial charge in [-0.3, -0.25) is 19.4 Å². The number of phenols is 1. The van der Waals surface area contributed by atoms with Gasteiger partial charge in [0.15, 0.2) is 5.76 Å². The van der Waals surface area contributed by atoms with Crippen LogP contribution >= 0.6 is 12.2 Å². The van der Waals surface area contributed by atoms with E-state index in [0.29, 0.717) is 42.7 Å². The molecule has 2 aliphatic heterocycles. The smallest absolute Gasteiger partial charge is 0.291 e. The SMILES string of the molecule is Cc1ccoc1C(=O)Nc1cccc(C#C[C@H]2C=NC=C(C(=O)Nc3cccc(CC(=O)N4CCC(O)CC4)c3O)C2=S)c1. The van der Waals surface area contributed by atoms with Crippen LogP contribution in [-0.4, -0.2) is 63.1 Å². The molecule has 0 unspecified atom stereocenters. The van der Waals surface area contributed by atoms with Crippen LogP contribution in [0, 0.1) is 24.7 Å². The molecule has 1 aromatic heterocycles. The van der Waals surface area contributed by atoms with Gasteiger partial charge in [-0.05, 0) is 50.1 Å². The number of nitrogens with one attached hydrogen (secondary N) is 2. The lowest BCUT2D eigenvalue weighted by Crippen LogP contribution is -2.40. The molecule has 1 atom stereocenters. The van der Waals surface area contributed by atoms with Crippen LogP contribution in [0.4, 0.5) is 11.4 Å². The van der Waals surface area contributed by atoms with Crippen LogP contribution in [0.5, 0.6) is 5.75 Å². The minimum absolute atomic E-state index is 0.0396. The molecule has 4 N–H and O–H groups in total. The van der Waals surface area contributed by atoms with E-state index in [0.717, 1.165) is 5.56 Å². The van der Waals surface area contributed by atoms with Crippen LogP contribution in [0.1, 0.15) is 40.1 Å². The summed E-state index contributed by atoms with van der Waals surface area (Å²) in [5.41, 5.74) is 2.52. The minimum Gasteiger partial charge on any atom is -0.505 e. The molecule has 1 fully saturated rings. The molecule has 5 rings (SSSR count). The predicted octanol–water partition coefficient (Wildman–Crippen LogP) is 4.02. The van der Waals surface area contributed by atoms with E-state index < -0.39 is 17.9 Å². The number of benzene rings is 2. The molecule has 1 saturated heterocycles. The van der Waals surface area contributed by atoms with Crippen molar-refractivity contribution in [2.45, 2.75) is 32.3 Å². The Morgan fingerprint density at radius 3 is 2.61 bits per heavy atom. The molecule has 224 valence electrons. The van der Waals surface area contributed by atoms with E-state index in [4.69, 9.17) is 16.6 Å². The molecule has 11 heteroatoms. The molecule has 2 aliphatic rings. The molecule has 3 amide bonds. The number of furan rings is 1. The summed E-state index contributed by atoms with van der Waals surface area (Å²) in [4.78, 5) is 44.5. The maximum absolute atomic E-state index is 13.2. The van der Waals surface area contributed by atoms with E-state index in [1.807, 2.05) is 0 Å². The number of amides is 3. The average molecular weight is 611 g/mol. The van der Waals surface area contributed by atoms with Gasteiger partial charge in [-0.2, -0.15) is 0 Å². The molecule has 0 aliphatic carbocycles. The zero-order valence-corrected chi connectivity index (χ0v) is 24.7. The van der Waals surface area contributed by atoms with Crippen molar-refractivity contribution in [3.8, 4) is 17.6 Å². The monoisotopic (exact) mass is 610 g/mol. The Morgan fingerprint density at radius 2 is 1.86 bits per heavy atom. The summed E-state index contributed by atoms with van der Waals surface area (Å²) in [6.45, 7) is 2.70. The van der Waals surface area contributed by atoms with Crippen LogP contribution < -0.4 is 10.6 Å². The highest BCUT2D eigenvalue weighted by Crippen LogP contribution is 2.29. The van der Waals surface area contributed by atoms with Crippen molar-refractivity contribution >= 4 is 52.4 Å². The van der Waals surface area contributed by atoms with Crippen molar-refractivity contribution in [2.24, 2.45) is 10.9 Å². The zero-order chi connectivity index (χ0) is 31.2. The number of aryl methyl sites for hydroxylation is 1. The van der Waals surface area contributed by atoms with Crippen molar-refractivity contribution in [1.82, 2.24) is 4.90 Å². The second-order valence-corrected chi connectivity index (χ2v) is 10.9. The first-order valence-electron chi connectivity index (χ1n) is 14.0. The number of aliphatic imine (C=N–C) groups is 1. The normalized spacial score (nSPS) is 16.5. The number of thiocarbonyl (C=S) groups is 1. The summed E-state index contributed by atoms with van der Waals surface area (Å²) in [6, 6.07) is 13.5. The highest BCUT2D eigenvalue weighted by Gasteiger charge is 2.26. The van der Waals surface area contributed by atoms with Crippen molar-refractivity contribution in [2.75, 3.05) is 23.7 Å². The summed E-state index contributed by atoms with van der Waals surface area (Å²) >= 11 is 5.57. The zero-order valence-electron chi connectivity index (χ0n) is 23.9. The fourth-order valence-corrected chi connectivity index (χ4v) is 5.08. The van der Waals surface area contributed by atoms with E-state index in [-0.39, 0.29) is 45.9 Å². The molecule has 44 heavy (non-hydrogen) atoms. The topological polar surface area (TPSA) is 144 Å². The summed E-state index contributed by atoms with van der Waals surface area (Å²) in [5.74, 6) is 4.35. The summed E-state index contributed by atoms with van der Waals surface area (Å²) in [7, 11) is 0. The first-order valence-corrected chi connectivity index (χ1v) is 14.4. The Morgan fingerprint density at radius 1 is 1.09 bits per heavy atom. The third kappa shape index (κ3) is 7.11. The van der Waals surface area contributed by atoms with Crippen molar-refractivity contribution in [1.29, 1.82) is 0 Å². The maximum atomic E-state index is 13.2. The number of para-hydroxylation sites is 1. The Bertz CT molecular complexity index is 1740. The third-order valence-electron chi connectivity index (χ3n) is 7.32. The van der Waals surface area contributed by atoms with Gasteiger partial charge in [0, 0.05) is 52.7 Å². The van der Waals surface area contributed by atoms with Crippen molar-refractivity contribution in [3.05, 3.63) is 89.0 Å². The Hall–Kier alpha value is -5.05. The van der Waals surface area contributed by atoms with Gasteiger partial charge >= 0.3 is 0 Å². The molecule has 0 bridgehead atoms. The van der Waals surface area contributed by atoms with Gasteiger partial charge < -0.3 is 30.2 Å². The van der Waals surface area contributed by atoms with Crippen LogP contribution in [0.2, 0.25) is 0 Å². The second kappa shape index (κ2) is 13.5. The van der Waals surface area contributed by atoms with E-state index in [1.165, 1.54) is 18.5 Å². The second-order valence-electron chi connectivity index (χ2n) is 10.5. The van der Waals surface area contributed by atoms with Crippen LogP contribution in [0.25, 0.3) is 0 Å². The summed E-state index contributed by atoms with van der Waals surface area (Å²) in [5, 5.41) is 26.0. The minimum atomic E-state index is -0.625. The van der Waals surface area contributed by atoms with Crippen molar-refractivity contribution in [3.63, 3.8) is 0 Å². The molecular formula is C33H30N4O6S. The largest absolute Gasteiger partial charge is 0.505 e. The molecule has 0 radical (unpaired) electrons. The van der Waals surface area contributed by atoms with Gasteiger partial charge in [0.05, 0.1) is 36.0 Å². The van der Waals surface area contributed by atoms with Crippen LogP contribution in [0.15, 0.2) is 76.0 Å². The van der Waals surface area contributed by atoms with Crippen LogP contribution in [-0.2, 0) is 16.0 Å². The lowest BCUT2D eigenvalue weighted by atomic mass is 9.97. The van der Waals surface area contributed by atoms with E-state index in [9.17, 15) is 24.6 Å². The number of aromatic hydroxyl groups is 1. The van der Waals surface area contributed by atoms with Gasteiger partial charge in [0.2, 0.25) is 5.91 Å². The number of aliphatic hydroxyl groups is 1. The van der Waals surface area contributed by atoms with Gasteiger partial charge in [-0.1, -0.05) is 42.3 Å². The predicted molar refractivity (Wildman–Crippen MR) is 170 cm³/mol. The quantitative estimate of drug-likeness (QED) is 0.188.